The van der Waals surface area contributed by atoms with Crippen LogP contribution in [0.1, 0.15) is 38.1 Å². The van der Waals surface area contributed by atoms with E-state index in [4.69, 9.17) is 0 Å². The van der Waals surface area contributed by atoms with Crippen molar-refractivity contribution in [3.05, 3.63) is 48.8 Å². The Hall–Kier alpha value is -1.96. The summed E-state index contributed by atoms with van der Waals surface area (Å²) in [6.07, 6.45) is 11.1. The summed E-state index contributed by atoms with van der Waals surface area (Å²) in [4.78, 5) is 3.31. The summed E-state index contributed by atoms with van der Waals surface area (Å²) < 4.78 is 2.49. The van der Waals surface area contributed by atoms with Crippen LogP contribution >= 0.6 is 0 Å². The minimum Gasteiger partial charge on any atom is -0.361 e. The zero-order valence-corrected chi connectivity index (χ0v) is 11.7. The molecule has 0 aliphatic heterocycles. The fourth-order valence-electron chi connectivity index (χ4n) is 3.52. The molecule has 3 aromatic rings. The molecule has 0 atom stereocenters. The van der Waals surface area contributed by atoms with Gasteiger partial charge in [-0.05, 0) is 42.5 Å². The van der Waals surface area contributed by atoms with Crippen LogP contribution in [0.4, 0.5) is 0 Å². The van der Waals surface area contributed by atoms with Gasteiger partial charge in [0, 0.05) is 35.2 Å². The Bertz CT molecular complexity index is 714. The lowest BCUT2D eigenvalue weighted by Gasteiger charge is -2.25. The van der Waals surface area contributed by atoms with Gasteiger partial charge in [0.05, 0.1) is 0 Å². The number of aromatic amines is 1. The maximum atomic E-state index is 3.31. The first-order chi connectivity index (χ1) is 9.92. The van der Waals surface area contributed by atoms with Gasteiger partial charge in [-0.1, -0.05) is 31.4 Å². The quantitative estimate of drug-likeness (QED) is 0.661. The van der Waals surface area contributed by atoms with Crippen LogP contribution in [0, 0.1) is 0 Å². The van der Waals surface area contributed by atoms with E-state index < -0.39 is 0 Å². The Balaban J connectivity index is 1.75. The lowest BCUT2D eigenvalue weighted by atomic mass is 9.95. The molecule has 1 aliphatic carbocycles. The molecular formula is C18H20N2. The highest BCUT2D eigenvalue weighted by Crippen LogP contribution is 2.33. The van der Waals surface area contributed by atoms with Gasteiger partial charge in [0.2, 0.25) is 0 Å². The Labute approximate surface area is 119 Å². The summed E-state index contributed by atoms with van der Waals surface area (Å²) in [5, 5.41) is 1.28. The number of aromatic nitrogens is 2. The SMILES string of the molecule is c1cc(-c2ccc3cc[nH]c3c2)n(C2CCCCC2)c1. The van der Waals surface area contributed by atoms with Crippen molar-refractivity contribution in [3.8, 4) is 11.3 Å². The smallest absolute Gasteiger partial charge is 0.0483 e. The van der Waals surface area contributed by atoms with Crippen molar-refractivity contribution < 1.29 is 0 Å². The fraction of sp³-hybridized carbons (Fsp3) is 0.333. The third-order valence-electron chi connectivity index (χ3n) is 4.60. The van der Waals surface area contributed by atoms with Gasteiger partial charge in [-0.3, -0.25) is 0 Å². The Morgan fingerprint density at radius 2 is 1.90 bits per heavy atom. The second-order valence-corrected chi connectivity index (χ2v) is 5.87. The number of hydrogen-bond acceptors (Lipinski definition) is 0. The molecule has 1 aliphatic rings. The maximum Gasteiger partial charge on any atom is 0.0483 e. The summed E-state index contributed by atoms with van der Waals surface area (Å²) in [5.41, 5.74) is 3.89. The summed E-state index contributed by atoms with van der Waals surface area (Å²) >= 11 is 0. The second kappa shape index (κ2) is 4.86. The molecule has 1 N–H and O–H groups in total. The molecule has 2 nitrogen and oxygen atoms in total. The third-order valence-corrected chi connectivity index (χ3v) is 4.60. The van der Waals surface area contributed by atoms with E-state index in [1.807, 2.05) is 6.20 Å². The standard InChI is InChI=1S/C18H20N2/c1-2-5-16(6-3-1)20-12-4-7-18(20)15-9-8-14-10-11-19-17(14)13-15/h4,7-13,16,19H,1-3,5-6H2. The van der Waals surface area contributed by atoms with Crippen LogP contribution in [-0.4, -0.2) is 9.55 Å². The average Bonchev–Trinajstić information content (AvgIpc) is 3.16. The number of nitrogens with zero attached hydrogens (tertiary/aromatic N) is 1. The molecule has 0 saturated heterocycles. The van der Waals surface area contributed by atoms with Crippen LogP contribution in [0.5, 0.6) is 0 Å². The molecule has 0 unspecified atom stereocenters. The van der Waals surface area contributed by atoms with Crippen molar-refractivity contribution in [2.75, 3.05) is 0 Å². The minimum absolute atomic E-state index is 0.688. The van der Waals surface area contributed by atoms with Crippen LogP contribution in [-0.2, 0) is 0 Å². The lowest BCUT2D eigenvalue weighted by molar-refractivity contribution is 0.356. The van der Waals surface area contributed by atoms with E-state index in [1.54, 1.807) is 0 Å². The molecule has 0 bridgehead atoms. The van der Waals surface area contributed by atoms with Crippen LogP contribution in [0.2, 0.25) is 0 Å². The van der Waals surface area contributed by atoms with Crippen molar-refractivity contribution in [1.29, 1.82) is 0 Å². The van der Waals surface area contributed by atoms with Crippen molar-refractivity contribution in [1.82, 2.24) is 9.55 Å². The molecule has 1 fully saturated rings. The number of benzene rings is 1. The van der Waals surface area contributed by atoms with Crippen molar-refractivity contribution >= 4 is 10.9 Å². The number of rotatable bonds is 2. The van der Waals surface area contributed by atoms with Gasteiger partial charge in [0.1, 0.15) is 0 Å². The van der Waals surface area contributed by atoms with E-state index in [9.17, 15) is 0 Å². The molecule has 20 heavy (non-hydrogen) atoms. The van der Waals surface area contributed by atoms with Crippen molar-refractivity contribution in [2.24, 2.45) is 0 Å². The Morgan fingerprint density at radius 1 is 1.00 bits per heavy atom. The van der Waals surface area contributed by atoms with E-state index >= 15 is 0 Å². The molecule has 2 heterocycles. The van der Waals surface area contributed by atoms with Gasteiger partial charge in [-0.15, -0.1) is 0 Å². The molecule has 0 spiro atoms. The number of hydrogen-bond donors (Lipinski definition) is 1. The zero-order chi connectivity index (χ0) is 13.4. The molecule has 0 radical (unpaired) electrons. The van der Waals surface area contributed by atoms with E-state index in [0.717, 1.165) is 0 Å². The van der Waals surface area contributed by atoms with Crippen LogP contribution in [0.3, 0.4) is 0 Å². The highest BCUT2D eigenvalue weighted by Gasteiger charge is 2.17. The van der Waals surface area contributed by atoms with Gasteiger partial charge < -0.3 is 9.55 Å². The third kappa shape index (κ3) is 1.96. The predicted octanol–water partition coefficient (Wildman–Crippen LogP) is 5.14. The molecule has 0 amide bonds. The van der Waals surface area contributed by atoms with Gasteiger partial charge in [-0.2, -0.15) is 0 Å². The maximum absolute atomic E-state index is 3.31. The summed E-state index contributed by atoms with van der Waals surface area (Å²) in [6, 6.07) is 14.0. The molecule has 4 rings (SSSR count). The summed E-state index contributed by atoms with van der Waals surface area (Å²) in [7, 11) is 0. The van der Waals surface area contributed by atoms with Crippen LogP contribution in [0.25, 0.3) is 22.2 Å². The van der Waals surface area contributed by atoms with Gasteiger partial charge >= 0.3 is 0 Å². The molecule has 2 heteroatoms. The molecule has 2 aromatic heterocycles. The minimum atomic E-state index is 0.688. The first-order valence-electron chi connectivity index (χ1n) is 7.66. The van der Waals surface area contributed by atoms with Crippen molar-refractivity contribution in [2.45, 2.75) is 38.1 Å². The average molecular weight is 264 g/mol. The molecular weight excluding hydrogens is 244 g/mol. The first-order valence-corrected chi connectivity index (χ1v) is 7.66. The molecule has 1 saturated carbocycles. The topological polar surface area (TPSA) is 20.7 Å². The van der Waals surface area contributed by atoms with Crippen LogP contribution in [0.15, 0.2) is 48.8 Å². The Morgan fingerprint density at radius 3 is 2.80 bits per heavy atom. The van der Waals surface area contributed by atoms with E-state index in [0.29, 0.717) is 6.04 Å². The number of nitrogens with one attached hydrogen (secondary N) is 1. The molecule has 1 aromatic carbocycles. The Kier molecular flexibility index (Phi) is 2.87. The highest BCUT2D eigenvalue weighted by atomic mass is 15.0. The van der Waals surface area contributed by atoms with E-state index in [2.05, 4.69) is 52.1 Å². The number of fused-ring (bicyclic) bond motifs is 1. The van der Waals surface area contributed by atoms with Gasteiger partial charge in [0.25, 0.3) is 0 Å². The van der Waals surface area contributed by atoms with Gasteiger partial charge in [0.15, 0.2) is 0 Å². The predicted molar refractivity (Wildman–Crippen MR) is 83.8 cm³/mol. The van der Waals surface area contributed by atoms with Crippen LogP contribution < -0.4 is 0 Å². The normalized spacial score (nSPS) is 16.8. The zero-order valence-electron chi connectivity index (χ0n) is 11.7. The lowest BCUT2D eigenvalue weighted by Crippen LogP contribution is -2.12. The van der Waals surface area contributed by atoms with Gasteiger partial charge in [-0.25, -0.2) is 0 Å². The fourth-order valence-corrected chi connectivity index (χ4v) is 3.52. The number of H-pyrrole nitrogens is 1. The first kappa shape index (κ1) is 11.8. The largest absolute Gasteiger partial charge is 0.361 e. The molecule has 102 valence electrons. The summed E-state index contributed by atoms with van der Waals surface area (Å²) in [6.45, 7) is 0. The highest BCUT2D eigenvalue weighted by molar-refractivity contribution is 5.84. The second-order valence-electron chi connectivity index (χ2n) is 5.87. The monoisotopic (exact) mass is 264 g/mol. The summed E-state index contributed by atoms with van der Waals surface area (Å²) in [5.74, 6) is 0. The van der Waals surface area contributed by atoms with Crippen molar-refractivity contribution in [3.63, 3.8) is 0 Å². The van der Waals surface area contributed by atoms with E-state index in [-0.39, 0.29) is 0 Å². The van der Waals surface area contributed by atoms with E-state index in [1.165, 1.54) is 54.3 Å².